The number of hydrogen-bond acceptors (Lipinski definition) is 2. The Bertz CT molecular complexity index is 414. The molecule has 0 amide bonds. The first kappa shape index (κ1) is 16.8. The van der Waals surface area contributed by atoms with Gasteiger partial charge in [-0.15, -0.1) is 23.5 Å². The molecule has 0 aromatic heterocycles. The maximum atomic E-state index is 6.11. The molecular weight excluding hydrogens is 320 g/mol. The molecule has 1 heterocycles. The van der Waals surface area contributed by atoms with Crippen LogP contribution in [0.2, 0.25) is 23.2 Å². The van der Waals surface area contributed by atoms with Crippen molar-refractivity contribution in [3.05, 3.63) is 34.9 Å². The van der Waals surface area contributed by atoms with Crippen LogP contribution in [0.5, 0.6) is 0 Å². The monoisotopic (exact) mass is 344 g/mol. The highest BCUT2D eigenvalue weighted by Crippen LogP contribution is 2.59. The van der Waals surface area contributed by atoms with E-state index in [2.05, 4.69) is 68.6 Å². The van der Waals surface area contributed by atoms with E-state index in [-0.39, 0.29) is 0 Å². The van der Waals surface area contributed by atoms with Crippen molar-refractivity contribution in [2.75, 3.05) is 11.5 Å². The zero-order chi connectivity index (χ0) is 14.6. The predicted octanol–water partition coefficient (Wildman–Crippen LogP) is 6.41. The Labute approximate surface area is 138 Å². The van der Waals surface area contributed by atoms with Crippen molar-refractivity contribution in [3.8, 4) is 0 Å². The topological polar surface area (TPSA) is 0 Å². The van der Waals surface area contributed by atoms with Gasteiger partial charge in [0.15, 0.2) is 0 Å². The van der Waals surface area contributed by atoms with Crippen molar-refractivity contribution in [2.24, 2.45) is 0 Å². The Morgan fingerprint density at radius 1 is 1.00 bits per heavy atom. The van der Waals surface area contributed by atoms with E-state index in [4.69, 9.17) is 11.6 Å². The second kappa shape index (κ2) is 7.13. The molecule has 1 aromatic carbocycles. The first-order valence-corrected chi connectivity index (χ1v) is 12.6. The molecule has 4 heteroatoms. The van der Waals surface area contributed by atoms with Gasteiger partial charge < -0.3 is 0 Å². The lowest BCUT2D eigenvalue weighted by Crippen LogP contribution is -2.52. The van der Waals surface area contributed by atoms with Gasteiger partial charge in [-0.1, -0.05) is 62.6 Å². The second-order valence-corrected chi connectivity index (χ2v) is 15.0. The molecule has 1 aliphatic heterocycles. The van der Waals surface area contributed by atoms with E-state index < -0.39 is 8.07 Å². The SMILES string of the molecule is CC[Si](CC)(CC)C1(c2ccc(Cl)cc2)SCCCS1. The van der Waals surface area contributed by atoms with E-state index in [1.807, 2.05) is 0 Å². The molecule has 0 saturated carbocycles. The fraction of sp³-hybridized carbons (Fsp3) is 0.625. The number of thioether (sulfide) groups is 2. The first-order valence-electron chi connectivity index (χ1n) is 7.68. The molecule has 1 fully saturated rings. The Hall–Kier alpha value is 0.427. The van der Waals surface area contributed by atoms with Gasteiger partial charge in [0, 0.05) is 5.02 Å². The van der Waals surface area contributed by atoms with Crippen LogP contribution in [-0.4, -0.2) is 19.6 Å². The highest BCUT2D eigenvalue weighted by atomic mass is 35.5. The molecule has 2 rings (SSSR count). The van der Waals surface area contributed by atoms with Crippen LogP contribution < -0.4 is 0 Å². The van der Waals surface area contributed by atoms with Gasteiger partial charge in [0.2, 0.25) is 0 Å². The van der Waals surface area contributed by atoms with Crippen LogP contribution in [0.15, 0.2) is 24.3 Å². The van der Waals surface area contributed by atoms with E-state index in [0.29, 0.717) is 3.70 Å². The van der Waals surface area contributed by atoms with Crippen LogP contribution in [0, 0.1) is 0 Å². The zero-order valence-electron chi connectivity index (χ0n) is 12.7. The van der Waals surface area contributed by atoms with Gasteiger partial charge in [-0.2, -0.15) is 0 Å². The van der Waals surface area contributed by atoms with E-state index in [1.54, 1.807) is 0 Å². The van der Waals surface area contributed by atoms with Gasteiger partial charge in [0.05, 0.1) is 11.8 Å². The van der Waals surface area contributed by atoms with Gasteiger partial charge >= 0.3 is 0 Å². The summed E-state index contributed by atoms with van der Waals surface area (Å²) in [5, 5.41) is 0.853. The number of hydrogen-bond donors (Lipinski definition) is 0. The summed E-state index contributed by atoms with van der Waals surface area (Å²) in [5.41, 5.74) is 1.52. The van der Waals surface area contributed by atoms with Crippen LogP contribution in [0.3, 0.4) is 0 Å². The minimum absolute atomic E-state index is 0.341. The Morgan fingerprint density at radius 2 is 1.50 bits per heavy atom. The molecule has 0 atom stereocenters. The highest BCUT2D eigenvalue weighted by molar-refractivity contribution is 8.20. The van der Waals surface area contributed by atoms with Crippen molar-refractivity contribution in [2.45, 2.75) is 49.0 Å². The molecule has 1 saturated heterocycles. The third-order valence-electron chi connectivity index (χ3n) is 4.85. The molecular formula is C16H25ClS2Si. The van der Waals surface area contributed by atoms with Crippen LogP contribution in [0.1, 0.15) is 32.8 Å². The molecule has 0 unspecified atom stereocenters. The lowest BCUT2D eigenvalue weighted by Gasteiger charge is -2.50. The lowest BCUT2D eigenvalue weighted by atomic mass is 10.2. The summed E-state index contributed by atoms with van der Waals surface area (Å²) >= 11 is 10.6. The molecule has 112 valence electrons. The van der Waals surface area contributed by atoms with Gasteiger partial charge in [-0.25, -0.2) is 0 Å². The largest absolute Gasteiger partial charge is 0.143 e. The van der Waals surface area contributed by atoms with Crippen molar-refractivity contribution in [1.82, 2.24) is 0 Å². The summed E-state index contributed by atoms with van der Waals surface area (Å²) in [4.78, 5) is 0. The molecule has 1 aromatic rings. The lowest BCUT2D eigenvalue weighted by molar-refractivity contribution is 1.00. The third-order valence-corrected chi connectivity index (χ3v) is 17.3. The molecule has 0 spiro atoms. The normalized spacial score (nSPS) is 19.0. The Balaban J connectivity index is 2.52. The highest BCUT2D eigenvalue weighted by Gasteiger charge is 2.52. The maximum Gasteiger partial charge on any atom is 0.0892 e. The summed E-state index contributed by atoms with van der Waals surface area (Å²) < 4.78 is 0.341. The average Bonchev–Trinajstić information content (AvgIpc) is 2.51. The average molecular weight is 345 g/mol. The maximum absolute atomic E-state index is 6.11. The van der Waals surface area contributed by atoms with Crippen LogP contribution in [-0.2, 0) is 3.70 Å². The van der Waals surface area contributed by atoms with Crippen LogP contribution in [0.4, 0.5) is 0 Å². The Morgan fingerprint density at radius 3 is 1.95 bits per heavy atom. The first-order chi connectivity index (χ1) is 9.64. The van der Waals surface area contributed by atoms with Crippen LogP contribution >= 0.6 is 35.1 Å². The second-order valence-electron chi connectivity index (χ2n) is 5.51. The van der Waals surface area contributed by atoms with Gasteiger partial charge in [0.25, 0.3) is 0 Å². The zero-order valence-corrected chi connectivity index (χ0v) is 16.1. The fourth-order valence-electron chi connectivity index (χ4n) is 3.43. The van der Waals surface area contributed by atoms with Crippen molar-refractivity contribution >= 4 is 43.2 Å². The van der Waals surface area contributed by atoms with E-state index in [0.717, 1.165) is 5.02 Å². The smallest absolute Gasteiger partial charge is 0.0892 e. The molecule has 20 heavy (non-hydrogen) atoms. The number of halogens is 1. The number of benzene rings is 1. The van der Waals surface area contributed by atoms with Gasteiger partial charge in [-0.05, 0) is 35.6 Å². The van der Waals surface area contributed by atoms with E-state index >= 15 is 0 Å². The molecule has 0 bridgehead atoms. The van der Waals surface area contributed by atoms with Gasteiger partial charge in [-0.3, -0.25) is 0 Å². The molecule has 0 aliphatic carbocycles. The predicted molar refractivity (Wildman–Crippen MR) is 99.9 cm³/mol. The summed E-state index contributed by atoms with van der Waals surface area (Å²) in [6.45, 7) is 7.27. The van der Waals surface area contributed by atoms with E-state index in [1.165, 1.54) is 41.6 Å². The molecule has 0 N–H and O–H groups in total. The summed E-state index contributed by atoms with van der Waals surface area (Å²) in [6.07, 6.45) is 1.35. The third kappa shape index (κ3) is 2.84. The van der Waals surface area contributed by atoms with E-state index in [9.17, 15) is 0 Å². The molecule has 0 nitrogen and oxygen atoms in total. The fourth-order valence-corrected chi connectivity index (χ4v) is 15.7. The number of rotatable bonds is 5. The Kier molecular flexibility index (Phi) is 5.98. The minimum Gasteiger partial charge on any atom is -0.143 e. The summed E-state index contributed by atoms with van der Waals surface area (Å²) in [6, 6.07) is 12.9. The summed E-state index contributed by atoms with van der Waals surface area (Å²) in [5.74, 6) is 2.62. The van der Waals surface area contributed by atoms with Crippen molar-refractivity contribution < 1.29 is 0 Å². The molecule has 1 aliphatic rings. The van der Waals surface area contributed by atoms with Gasteiger partial charge in [0.1, 0.15) is 0 Å². The van der Waals surface area contributed by atoms with Crippen molar-refractivity contribution in [1.29, 1.82) is 0 Å². The minimum atomic E-state index is -1.34. The standard InChI is InChI=1S/C16H25ClS2Si/c1-4-20(5-2,6-3)16(18-12-7-13-19-16)14-8-10-15(17)11-9-14/h8-11H,4-7,12-13H2,1-3H3. The molecule has 0 radical (unpaired) electrons. The quantitative estimate of drug-likeness (QED) is 0.566. The van der Waals surface area contributed by atoms with Crippen molar-refractivity contribution in [3.63, 3.8) is 0 Å². The van der Waals surface area contributed by atoms with Crippen LogP contribution in [0.25, 0.3) is 0 Å². The summed E-state index contributed by atoms with van der Waals surface area (Å²) in [7, 11) is -1.34.